The summed E-state index contributed by atoms with van der Waals surface area (Å²) < 4.78 is 42.4. The number of halogens is 3. The van der Waals surface area contributed by atoms with Crippen LogP contribution in [0, 0.1) is 5.92 Å². The highest BCUT2D eigenvalue weighted by Gasteiger charge is 2.31. The molecule has 1 unspecified atom stereocenters. The van der Waals surface area contributed by atoms with Crippen LogP contribution in [0.15, 0.2) is 18.3 Å². The number of nitrogens with one attached hydrogen (secondary N) is 1. The van der Waals surface area contributed by atoms with E-state index in [0.717, 1.165) is 18.3 Å². The van der Waals surface area contributed by atoms with E-state index in [1.54, 1.807) is 0 Å². The third-order valence-corrected chi connectivity index (χ3v) is 2.60. The molecule has 4 nitrogen and oxygen atoms in total. The summed E-state index contributed by atoms with van der Waals surface area (Å²) in [6, 6.07) is 1.02. The van der Waals surface area contributed by atoms with Crippen LogP contribution >= 0.6 is 0 Å². The minimum atomic E-state index is -4.45. The molecule has 112 valence electrons. The van der Waals surface area contributed by atoms with Crippen molar-refractivity contribution in [3.8, 4) is 0 Å². The summed E-state index contributed by atoms with van der Waals surface area (Å²) in [6.45, 7) is 3.80. The van der Waals surface area contributed by atoms with Crippen molar-refractivity contribution in [3.05, 3.63) is 23.9 Å². The van der Waals surface area contributed by atoms with E-state index in [1.807, 2.05) is 13.8 Å². The van der Waals surface area contributed by atoms with Gasteiger partial charge in [0.2, 0.25) is 0 Å². The van der Waals surface area contributed by atoms with Crippen LogP contribution in [-0.2, 0) is 15.7 Å². The predicted octanol–water partition coefficient (Wildman–Crippen LogP) is 3.10. The Kier molecular flexibility index (Phi) is 5.35. The maximum atomic E-state index is 12.6. The Morgan fingerprint density at radius 2 is 2.10 bits per heavy atom. The normalized spacial score (nSPS) is 13.2. The summed E-state index contributed by atoms with van der Waals surface area (Å²) in [7, 11) is 1.23. The Balaban J connectivity index is 2.91. The Morgan fingerprint density at radius 3 is 2.60 bits per heavy atom. The van der Waals surface area contributed by atoms with E-state index in [9.17, 15) is 18.0 Å². The number of carbonyl (C=O) groups excluding carboxylic acids is 1. The molecule has 1 aromatic rings. The number of alkyl halides is 3. The zero-order valence-corrected chi connectivity index (χ0v) is 11.5. The molecule has 0 aliphatic rings. The number of esters is 1. The van der Waals surface area contributed by atoms with E-state index < -0.39 is 23.8 Å². The quantitative estimate of drug-likeness (QED) is 0.847. The highest BCUT2D eigenvalue weighted by molar-refractivity contribution is 5.78. The molecule has 20 heavy (non-hydrogen) atoms. The van der Waals surface area contributed by atoms with Crippen molar-refractivity contribution in [2.75, 3.05) is 12.4 Å². The highest BCUT2D eigenvalue weighted by atomic mass is 19.4. The number of aromatic nitrogens is 1. The monoisotopic (exact) mass is 290 g/mol. The second-order valence-electron chi connectivity index (χ2n) is 4.78. The molecule has 0 radical (unpaired) electrons. The average Bonchev–Trinajstić information content (AvgIpc) is 2.36. The lowest BCUT2D eigenvalue weighted by Gasteiger charge is -2.19. The number of ether oxygens (including phenoxy) is 1. The van der Waals surface area contributed by atoms with Crippen LogP contribution in [0.1, 0.15) is 25.8 Å². The molecule has 0 fully saturated rings. The molecule has 7 heteroatoms. The molecule has 0 aliphatic heterocycles. The first-order valence-corrected chi connectivity index (χ1v) is 6.11. The van der Waals surface area contributed by atoms with Crippen molar-refractivity contribution in [1.82, 2.24) is 4.98 Å². The number of carbonyl (C=O) groups is 1. The molecule has 0 saturated heterocycles. The van der Waals surface area contributed by atoms with Gasteiger partial charge in [-0.15, -0.1) is 0 Å². The fourth-order valence-electron chi connectivity index (χ4n) is 1.69. The van der Waals surface area contributed by atoms with E-state index in [-0.39, 0.29) is 11.7 Å². The van der Waals surface area contributed by atoms with Gasteiger partial charge in [0.25, 0.3) is 0 Å². The summed E-state index contributed by atoms with van der Waals surface area (Å²) >= 11 is 0. The van der Waals surface area contributed by atoms with Crippen molar-refractivity contribution in [3.63, 3.8) is 0 Å². The van der Waals surface area contributed by atoms with Crippen LogP contribution in [0.4, 0.5) is 19.0 Å². The summed E-state index contributed by atoms with van der Waals surface area (Å²) in [4.78, 5) is 15.4. The first-order valence-electron chi connectivity index (χ1n) is 6.11. The first-order chi connectivity index (χ1) is 9.24. The molecule has 0 spiro atoms. The van der Waals surface area contributed by atoms with Crippen LogP contribution < -0.4 is 5.32 Å². The van der Waals surface area contributed by atoms with Gasteiger partial charge >= 0.3 is 12.1 Å². The largest absolute Gasteiger partial charge is 0.467 e. The minimum Gasteiger partial charge on any atom is -0.467 e. The molecular weight excluding hydrogens is 273 g/mol. The molecule has 1 heterocycles. The predicted molar refractivity (Wildman–Crippen MR) is 68.1 cm³/mol. The van der Waals surface area contributed by atoms with Gasteiger partial charge in [0, 0.05) is 6.20 Å². The van der Waals surface area contributed by atoms with E-state index in [1.165, 1.54) is 7.11 Å². The number of rotatable bonds is 5. The van der Waals surface area contributed by atoms with Gasteiger partial charge < -0.3 is 10.1 Å². The maximum Gasteiger partial charge on any atom is 0.416 e. The van der Waals surface area contributed by atoms with Gasteiger partial charge in [0.1, 0.15) is 11.9 Å². The Morgan fingerprint density at radius 1 is 1.45 bits per heavy atom. The van der Waals surface area contributed by atoms with Crippen LogP contribution in [0.25, 0.3) is 0 Å². The first kappa shape index (κ1) is 16.3. The second-order valence-corrected chi connectivity index (χ2v) is 4.78. The Labute approximate surface area is 115 Å². The summed E-state index contributed by atoms with van der Waals surface area (Å²) in [5.74, 6) is -0.355. The van der Waals surface area contributed by atoms with Gasteiger partial charge in [-0.1, -0.05) is 13.8 Å². The van der Waals surface area contributed by atoms with Crippen molar-refractivity contribution in [2.45, 2.75) is 32.5 Å². The number of hydrogen-bond acceptors (Lipinski definition) is 4. The van der Waals surface area contributed by atoms with Gasteiger partial charge in [0.05, 0.1) is 12.7 Å². The van der Waals surface area contributed by atoms with Crippen LogP contribution in [0.3, 0.4) is 0 Å². The second kappa shape index (κ2) is 6.58. The summed E-state index contributed by atoms with van der Waals surface area (Å²) in [5.41, 5.74) is -0.817. The SMILES string of the molecule is COC(=O)C(CC(C)C)Nc1cc(C(F)(F)F)ccn1. The number of methoxy groups -OCH3 is 1. The van der Waals surface area contributed by atoms with Crippen molar-refractivity contribution >= 4 is 11.8 Å². The molecule has 1 aromatic heterocycles. The number of pyridine rings is 1. The zero-order valence-electron chi connectivity index (χ0n) is 11.5. The fraction of sp³-hybridized carbons (Fsp3) is 0.538. The smallest absolute Gasteiger partial charge is 0.416 e. The average molecular weight is 290 g/mol. The van der Waals surface area contributed by atoms with E-state index in [4.69, 9.17) is 0 Å². The van der Waals surface area contributed by atoms with Crippen LogP contribution in [0.2, 0.25) is 0 Å². The lowest BCUT2D eigenvalue weighted by atomic mass is 10.0. The Hall–Kier alpha value is -1.79. The van der Waals surface area contributed by atoms with Crippen molar-refractivity contribution in [1.29, 1.82) is 0 Å². The van der Waals surface area contributed by atoms with Gasteiger partial charge in [0.15, 0.2) is 0 Å². The summed E-state index contributed by atoms with van der Waals surface area (Å²) in [5, 5.41) is 2.69. The van der Waals surface area contributed by atoms with E-state index >= 15 is 0 Å². The third-order valence-electron chi connectivity index (χ3n) is 2.60. The fourth-order valence-corrected chi connectivity index (χ4v) is 1.69. The third kappa shape index (κ3) is 4.71. The Bertz CT molecular complexity index is 461. The molecule has 0 aromatic carbocycles. The summed E-state index contributed by atoms with van der Waals surface area (Å²) in [6.07, 6.45) is -2.96. The number of anilines is 1. The van der Waals surface area contributed by atoms with Gasteiger partial charge in [-0.25, -0.2) is 9.78 Å². The lowest BCUT2D eigenvalue weighted by Crippen LogP contribution is -2.32. The topological polar surface area (TPSA) is 51.2 Å². The van der Waals surface area contributed by atoms with Crippen LogP contribution in [-0.4, -0.2) is 24.1 Å². The zero-order chi connectivity index (χ0) is 15.3. The highest BCUT2D eigenvalue weighted by Crippen LogP contribution is 2.30. The van der Waals surface area contributed by atoms with Gasteiger partial charge in [-0.3, -0.25) is 0 Å². The molecular formula is C13H17F3N2O2. The standard InChI is InChI=1S/C13H17F3N2O2/c1-8(2)6-10(12(19)20-3)18-11-7-9(4-5-17-11)13(14,15)16/h4-5,7-8,10H,6H2,1-3H3,(H,17,18). The number of nitrogens with zero attached hydrogens (tertiary/aromatic N) is 1. The van der Waals surface area contributed by atoms with Gasteiger partial charge in [-0.05, 0) is 24.5 Å². The molecule has 0 saturated carbocycles. The van der Waals surface area contributed by atoms with Crippen molar-refractivity contribution < 1.29 is 22.7 Å². The molecule has 0 aliphatic carbocycles. The molecule has 0 amide bonds. The van der Waals surface area contributed by atoms with Crippen molar-refractivity contribution in [2.24, 2.45) is 5.92 Å². The maximum absolute atomic E-state index is 12.6. The molecule has 1 atom stereocenters. The molecule has 1 rings (SSSR count). The molecule has 0 bridgehead atoms. The van der Waals surface area contributed by atoms with Gasteiger partial charge in [-0.2, -0.15) is 13.2 Å². The minimum absolute atomic E-state index is 0.00382. The van der Waals surface area contributed by atoms with Crippen LogP contribution in [0.5, 0.6) is 0 Å². The molecule has 1 N–H and O–H groups in total. The van der Waals surface area contributed by atoms with E-state index in [0.29, 0.717) is 6.42 Å². The lowest BCUT2D eigenvalue weighted by molar-refractivity contribution is -0.141. The number of hydrogen-bond donors (Lipinski definition) is 1. The van der Waals surface area contributed by atoms with E-state index in [2.05, 4.69) is 15.0 Å².